The average molecular weight is 454 g/mol. The molecular weight excluding hydrogens is 431 g/mol. The maximum Gasteiger partial charge on any atom is 0.342 e. The number of fused-ring (bicyclic) bond motifs is 1. The number of nitrogens with two attached hydrogens (primary N) is 1. The highest BCUT2D eigenvalue weighted by molar-refractivity contribution is 14.1. The molecule has 0 saturated heterocycles. The van der Waals surface area contributed by atoms with Crippen molar-refractivity contribution >= 4 is 45.2 Å². The molecular formula is C19H23IN2O3. The number of carbonyl (C=O) groups is 1. The Morgan fingerprint density at radius 2 is 2.04 bits per heavy atom. The Kier molecular flexibility index (Phi) is 5.66. The Labute approximate surface area is 161 Å². The molecule has 1 fully saturated rings. The molecule has 0 amide bonds. The minimum absolute atomic E-state index is 0.184. The Bertz CT molecular complexity index is 786. The standard InChI is InChI=1S/C19H23IN2O3/c1-3-24-19(23)16-11(2)22-14-5-4-6-15(17(14)18(16)21)25-13-9-7-12(20)8-10-13/h4-6,12-13H,3,7-10H2,1-2H3,(H2,21,22). The first kappa shape index (κ1) is 18.2. The molecule has 1 aromatic heterocycles. The lowest BCUT2D eigenvalue weighted by molar-refractivity contribution is 0.0526. The van der Waals surface area contributed by atoms with Crippen LogP contribution < -0.4 is 10.5 Å². The molecule has 134 valence electrons. The summed E-state index contributed by atoms with van der Waals surface area (Å²) in [6.45, 7) is 3.85. The van der Waals surface area contributed by atoms with Crippen molar-refractivity contribution in [3.63, 3.8) is 0 Å². The molecule has 1 aliphatic carbocycles. The van der Waals surface area contributed by atoms with Gasteiger partial charge in [-0.2, -0.15) is 0 Å². The van der Waals surface area contributed by atoms with E-state index < -0.39 is 5.97 Å². The lowest BCUT2D eigenvalue weighted by atomic mass is 9.97. The van der Waals surface area contributed by atoms with E-state index in [-0.39, 0.29) is 6.10 Å². The molecule has 0 unspecified atom stereocenters. The van der Waals surface area contributed by atoms with E-state index in [2.05, 4.69) is 27.6 Å². The fourth-order valence-corrected chi connectivity index (χ4v) is 4.04. The monoisotopic (exact) mass is 454 g/mol. The Morgan fingerprint density at radius 1 is 1.32 bits per heavy atom. The number of nitrogen functional groups attached to an aromatic ring is 1. The number of aromatic nitrogens is 1. The van der Waals surface area contributed by atoms with Gasteiger partial charge in [0, 0.05) is 3.92 Å². The Morgan fingerprint density at radius 3 is 2.72 bits per heavy atom. The summed E-state index contributed by atoms with van der Waals surface area (Å²) in [5, 5.41) is 0.702. The van der Waals surface area contributed by atoms with Crippen LogP contribution in [0.2, 0.25) is 0 Å². The quantitative estimate of drug-likeness (QED) is 0.421. The first-order chi connectivity index (χ1) is 12.0. The summed E-state index contributed by atoms with van der Waals surface area (Å²) in [7, 11) is 0. The molecule has 1 heterocycles. The number of esters is 1. The molecule has 1 aliphatic rings. The van der Waals surface area contributed by atoms with Crippen LogP contribution in [0.4, 0.5) is 5.69 Å². The zero-order valence-corrected chi connectivity index (χ0v) is 16.7. The maximum atomic E-state index is 12.3. The second kappa shape index (κ2) is 7.76. The second-order valence-electron chi connectivity index (χ2n) is 6.35. The largest absolute Gasteiger partial charge is 0.490 e. The fourth-order valence-electron chi connectivity index (χ4n) is 3.32. The molecule has 0 bridgehead atoms. The van der Waals surface area contributed by atoms with Crippen LogP contribution in [0.5, 0.6) is 5.75 Å². The van der Waals surface area contributed by atoms with E-state index in [0.29, 0.717) is 34.7 Å². The van der Waals surface area contributed by atoms with Gasteiger partial charge >= 0.3 is 5.97 Å². The third-order valence-corrected chi connectivity index (χ3v) is 5.82. The smallest absolute Gasteiger partial charge is 0.342 e. The number of hydrogen-bond donors (Lipinski definition) is 1. The number of carbonyl (C=O) groups excluding carboxylic acids is 1. The van der Waals surface area contributed by atoms with Crippen LogP contribution in [0.1, 0.15) is 48.7 Å². The van der Waals surface area contributed by atoms with Gasteiger partial charge < -0.3 is 15.2 Å². The summed E-state index contributed by atoms with van der Waals surface area (Å²) in [4.78, 5) is 16.8. The molecule has 0 atom stereocenters. The van der Waals surface area contributed by atoms with Gasteiger partial charge in [0.05, 0.1) is 35.0 Å². The number of anilines is 1. The van der Waals surface area contributed by atoms with Crippen LogP contribution in [-0.2, 0) is 4.74 Å². The zero-order chi connectivity index (χ0) is 18.0. The van der Waals surface area contributed by atoms with Crippen LogP contribution in [0.25, 0.3) is 10.9 Å². The van der Waals surface area contributed by atoms with E-state index in [4.69, 9.17) is 15.2 Å². The van der Waals surface area contributed by atoms with Gasteiger partial charge in [-0.1, -0.05) is 28.7 Å². The van der Waals surface area contributed by atoms with Crippen molar-refractivity contribution in [2.75, 3.05) is 12.3 Å². The predicted molar refractivity (Wildman–Crippen MR) is 108 cm³/mol. The number of nitrogens with zero attached hydrogens (tertiary/aromatic N) is 1. The van der Waals surface area contributed by atoms with E-state index in [9.17, 15) is 4.79 Å². The topological polar surface area (TPSA) is 74.4 Å². The van der Waals surface area contributed by atoms with Crippen molar-refractivity contribution in [3.8, 4) is 5.75 Å². The van der Waals surface area contributed by atoms with E-state index in [1.807, 2.05) is 18.2 Å². The van der Waals surface area contributed by atoms with Gasteiger partial charge in [0.25, 0.3) is 0 Å². The van der Waals surface area contributed by atoms with E-state index >= 15 is 0 Å². The van der Waals surface area contributed by atoms with Crippen LogP contribution >= 0.6 is 22.6 Å². The van der Waals surface area contributed by atoms with Crippen LogP contribution in [0.3, 0.4) is 0 Å². The van der Waals surface area contributed by atoms with Gasteiger partial charge in [0.1, 0.15) is 11.3 Å². The van der Waals surface area contributed by atoms with Gasteiger partial charge in [0.2, 0.25) is 0 Å². The molecule has 3 rings (SSSR count). The van der Waals surface area contributed by atoms with Crippen molar-refractivity contribution in [1.29, 1.82) is 0 Å². The van der Waals surface area contributed by atoms with Gasteiger partial charge in [-0.05, 0) is 51.7 Å². The first-order valence-corrected chi connectivity index (χ1v) is 9.92. The minimum Gasteiger partial charge on any atom is -0.490 e. The molecule has 6 heteroatoms. The molecule has 2 aromatic rings. The van der Waals surface area contributed by atoms with Crippen molar-refractivity contribution in [2.24, 2.45) is 0 Å². The molecule has 0 radical (unpaired) electrons. The molecule has 0 aliphatic heterocycles. The number of halogens is 1. The van der Waals surface area contributed by atoms with Crippen molar-refractivity contribution in [2.45, 2.75) is 49.6 Å². The SMILES string of the molecule is CCOC(=O)c1c(C)nc2cccc(OC3CCC(I)CC3)c2c1N. The number of hydrogen-bond acceptors (Lipinski definition) is 5. The number of pyridine rings is 1. The van der Waals surface area contributed by atoms with Crippen molar-refractivity contribution < 1.29 is 14.3 Å². The molecule has 2 N–H and O–H groups in total. The molecule has 0 spiro atoms. The van der Waals surface area contributed by atoms with Gasteiger partial charge in [-0.25, -0.2) is 4.79 Å². The summed E-state index contributed by atoms with van der Waals surface area (Å²) in [6, 6.07) is 5.71. The first-order valence-electron chi connectivity index (χ1n) is 8.67. The van der Waals surface area contributed by atoms with E-state index in [1.165, 1.54) is 0 Å². The lowest BCUT2D eigenvalue weighted by Crippen LogP contribution is -2.24. The summed E-state index contributed by atoms with van der Waals surface area (Å²) >= 11 is 2.50. The lowest BCUT2D eigenvalue weighted by Gasteiger charge is -2.27. The van der Waals surface area contributed by atoms with Gasteiger partial charge in [-0.15, -0.1) is 0 Å². The van der Waals surface area contributed by atoms with Crippen molar-refractivity contribution in [3.05, 3.63) is 29.5 Å². The molecule has 5 nitrogen and oxygen atoms in total. The predicted octanol–water partition coefficient (Wildman–Crippen LogP) is 4.43. The fraction of sp³-hybridized carbons (Fsp3) is 0.474. The maximum absolute atomic E-state index is 12.3. The molecule has 1 saturated carbocycles. The van der Waals surface area contributed by atoms with Gasteiger partial charge in [0.15, 0.2) is 0 Å². The third kappa shape index (κ3) is 3.83. The highest BCUT2D eigenvalue weighted by Crippen LogP contribution is 2.36. The van der Waals surface area contributed by atoms with Gasteiger partial charge in [-0.3, -0.25) is 4.98 Å². The summed E-state index contributed by atoms with van der Waals surface area (Å²) in [6.07, 6.45) is 4.58. The summed E-state index contributed by atoms with van der Waals surface area (Å²) in [5.41, 5.74) is 8.39. The number of ether oxygens (including phenoxy) is 2. The second-order valence-corrected chi connectivity index (χ2v) is 8.11. The number of aryl methyl sites for hydroxylation is 1. The number of benzene rings is 1. The normalized spacial score (nSPS) is 20.4. The van der Waals surface area contributed by atoms with Crippen LogP contribution in [0.15, 0.2) is 18.2 Å². The highest BCUT2D eigenvalue weighted by atomic mass is 127. The van der Waals surface area contributed by atoms with Crippen molar-refractivity contribution in [1.82, 2.24) is 4.98 Å². The summed E-state index contributed by atoms with van der Waals surface area (Å²) in [5.74, 6) is 0.261. The minimum atomic E-state index is -0.438. The highest BCUT2D eigenvalue weighted by Gasteiger charge is 2.24. The Balaban J connectivity index is 2.01. The summed E-state index contributed by atoms with van der Waals surface area (Å²) < 4.78 is 12.1. The van der Waals surface area contributed by atoms with Crippen LogP contribution in [0, 0.1) is 6.92 Å². The number of alkyl halides is 1. The molecule has 25 heavy (non-hydrogen) atoms. The van der Waals surface area contributed by atoms with Crippen LogP contribution in [-0.4, -0.2) is 27.6 Å². The zero-order valence-electron chi connectivity index (χ0n) is 14.5. The van der Waals surface area contributed by atoms with E-state index in [0.717, 1.165) is 35.1 Å². The van der Waals surface area contributed by atoms with E-state index in [1.54, 1.807) is 13.8 Å². The Hall–Kier alpha value is -1.57. The molecule has 1 aromatic carbocycles. The average Bonchev–Trinajstić information content (AvgIpc) is 2.57. The third-order valence-electron chi connectivity index (χ3n) is 4.57. The number of rotatable bonds is 4.